The summed E-state index contributed by atoms with van der Waals surface area (Å²) < 4.78 is 1.35. The molecule has 1 aromatic carbocycles. The molecule has 0 bridgehead atoms. The van der Waals surface area contributed by atoms with E-state index in [2.05, 4.69) is 21.3 Å². The van der Waals surface area contributed by atoms with Crippen molar-refractivity contribution in [2.75, 3.05) is 5.32 Å². The smallest absolute Gasteiger partial charge is 0.275 e. The summed E-state index contributed by atoms with van der Waals surface area (Å²) in [6, 6.07) is 9.07. The number of aromatic nitrogens is 3. The molecule has 0 unspecified atom stereocenters. The summed E-state index contributed by atoms with van der Waals surface area (Å²) in [6.07, 6.45) is 6.18. The van der Waals surface area contributed by atoms with Crippen molar-refractivity contribution >= 4 is 22.0 Å². The van der Waals surface area contributed by atoms with Gasteiger partial charge in [0.05, 0.1) is 12.2 Å². The number of terminal acetylenes is 1. The summed E-state index contributed by atoms with van der Waals surface area (Å²) >= 11 is 1.44. The van der Waals surface area contributed by atoms with Gasteiger partial charge >= 0.3 is 0 Å². The fourth-order valence-corrected chi connectivity index (χ4v) is 2.90. The Bertz CT molecular complexity index is 920. The predicted octanol–water partition coefficient (Wildman–Crippen LogP) is 2.31. The van der Waals surface area contributed by atoms with Crippen molar-refractivity contribution in [2.45, 2.75) is 19.9 Å². The lowest BCUT2D eigenvalue weighted by Gasteiger charge is -2.06. The Labute approximate surface area is 131 Å². The molecule has 1 N–H and O–H groups in total. The molecule has 5 nitrogen and oxygen atoms in total. The summed E-state index contributed by atoms with van der Waals surface area (Å²) in [5.74, 6) is 2.59. The number of nitrogens with zero attached hydrogens (tertiary/aromatic N) is 3. The Morgan fingerprint density at radius 3 is 3.05 bits per heavy atom. The van der Waals surface area contributed by atoms with Crippen molar-refractivity contribution in [1.29, 1.82) is 0 Å². The highest BCUT2D eigenvalue weighted by Crippen LogP contribution is 2.13. The van der Waals surface area contributed by atoms with Gasteiger partial charge in [-0.1, -0.05) is 30.2 Å². The lowest BCUT2D eigenvalue weighted by atomic mass is 10.2. The van der Waals surface area contributed by atoms with Crippen molar-refractivity contribution in [1.82, 2.24) is 14.6 Å². The third kappa shape index (κ3) is 2.85. The average Bonchev–Trinajstić information content (AvgIpc) is 2.97. The molecule has 0 aliphatic carbocycles. The van der Waals surface area contributed by atoms with Gasteiger partial charge in [0, 0.05) is 17.3 Å². The Morgan fingerprint density at radius 2 is 2.27 bits per heavy atom. The molecule has 6 heteroatoms. The Hall–Kier alpha value is -2.65. The Kier molecular flexibility index (Phi) is 3.90. The van der Waals surface area contributed by atoms with Gasteiger partial charge in [-0.05, 0) is 24.6 Å². The molecule has 110 valence electrons. The fraction of sp³-hybridized carbons (Fsp3) is 0.188. The van der Waals surface area contributed by atoms with Gasteiger partial charge < -0.3 is 5.32 Å². The van der Waals surface area contributed by atoms with Gasteiger partial charge in [-0.3, -0.25) is 4.79 Å². The predicted molar refractivity (Wildman–Crippen MR) is 88.2 cm³/mol. The monoisotopic (exact) mass is 310 g/mol. The van der Waals surface area contributed by atoms with Crippen molar-refractivity contribution in [3.05, 3.63) is 57.0 Å². The minimum atomic E-state index is -0.157. The topological polar surface area (TPSA) is 59.3 Å². The molecule has 3 aromatic rings. The van der Waals surface area contributed by atoms with Gasteiger partial charge in [0.1, 0.15) is 5.01 Å². The van der Waals surface area contributed by atoms with E-state index in [-0.39, 0.29) is 5.56 Å². The van der Waals surface area contributed by atoms with Crippen LogP contribution in [-0.2, 0) is 13.0 Å². The van der Waals surface area contributed by atoms with E-state index >= 15 is 0 Å². The summed E-state index contributed by atoms with van der Waals surface area (Å²) in [5, 5.41) is 8.36. The molecule has 0 atom stereocenters. The maximum absolute atomic E-state index is 12.1. The molecule has 2 heterocycles. The van der Waals surface area contributed by atoms with Gasteiger partial charge in [0.2, 0.25) is 4.96 Å². The molecule has 2 aromatic heterocycles. The van der Waals surface area contributed by atoms with Crippen molar-refractivity contribution < 1.29 is 0 Å². The number of nitrogens with one attached hydrogen (secondary N) is 1. The molecule has 0 fully saturated rings. The van der Waals surface area contributed by atoms with Crippen molar-refractivity contribution in [3.63, 3.8) is 0 Å². The van der Waals surface area contributed by atoms with E-state index in [0.29, 0.717) is 17.2 Å². The van der Waals surface area contributed by atoms with Gasteiger partial charge in [0.25, 0.3) is 5.56 Å². The van der Waals surface area contributed by atoms with E-state index in [4.69, 9.17) is 6.42 Å². The number of hydrogen-bond acceptors (Lipinski definition) is 5. The average molecular weight is 310 g/mol. The van der Waals surface area contributed by atoms with Crippen LogP contribution in [0.5, 0.6) is 0 Å². The first-order valence-corrected chi connectivity index (χ1v) is 7.70. The van der Waals surface area contributed by atoms with Crippen LogP contribution >= 0.6 is 11.3 Å². The standard InChI is InChI=1S/C16H14N4OS/c1-3-11-6-5-7-12(8-11)17-10-13-9-15(21)20-16(18-13)22-14(4-2)19-20/h1,5-9,17H,4,10H2,2H3. The first-order valence-electron chi connectivity index (χ1n) is 6.89. The van der Waals surface area contributed by atoms with E-state index in [9.17, 15) is 4.79 Å². The fourth-order valence-electron chi connectivity index (χ4n) is 2.04. The summed E-state index contributed by atoms with van der Waals surface area (Å²) in [7, 11) is 0. The third-order valence-corrected chi connectivity index (χ3v) is 4.20. The van der Waals surface area contributed by atoms with E-state index in [1.165, 1.54) is 21.9 Å². The quantitative estimate of drug-likeness (QED) is 0.751. The SMILES string of the molecule is C#Cc1cccc(NCc2cc(=O)n3nc(CC)sc3n2)c1. The minimum Gasteiger partial charge on any atom is -0.379 e. The number of benzene rings is 1. The Morgan fingerprint density at radius 1 is 1.41 bits per heavy atom. The molecular weight excluding hydrogens is 296 g/mol. The molecule has 3 rings (SSSR count). The lowest BCUT2D eigenvalue weighted by molar-refractivity contribution is 0.846. The highest BCUT2D eigenvalue weighted by Gasteiger charge is 2.07. The van der Waals surface area contributed by atoms with Gasteiger partial charge in [-0.25, -0.2) is 4.98 Å². The van der Waals surface area contributed by atoms with Crippen LogP contribution in [0.25, 0.3) is 4.96 Å². The molecule has 22 heavy (non-hydrogen) atoms. The van der Waals surface area contributed by atoms with Crippen molar-refractivity contribution in [2.24, 2.45) is 0 Å². The van der Waals surface area contributed by atoms with E-state index in [0.717, 1.165) is 22.7 Å². The van der Waals surface area contributed by atoms with Crippen LogP contribution in [-0.4, -0.2) is 14.6 Å². The number of anilines is 1. The maximum atomic E-state index is 12.1. The summed E-state index contributed by atoms with van der Waals surface area (Å²) in [4.78, 5) is 17.2. The van der Waals surface area contributed by atoms with Crippen LogP contribution in [0, 0.1) is 12.3 Å². The zero-order valence-electron chi connectivity index (χ0n) is 12.0. The molecule has 0 saturated heterocycles. The number of aryl methyl sites for hydroxylation is 1. The first kappa shape index (κ1) is 14.3. The first-order chi connectivity index (χ1) is 10.7. The van der Waals surface area contributed by atoms with E-state index in [1.54, 1.807) is 0 Å². The Balaban J connectivity index is 1.84. The molecule has 0 saturated carbocycles. The molecule has 0 aliphatic heterocycles. The third-order valence-electron chi connectivity index (χ3n) is 3.15. The molecule has 0 aliphatic rings. The van der Waals surface area contributed by atoms with Gasteiger partial charge in [0.15, 0.2) is 0 Å². The van der Waals surface area contributed by atoms with Crippen molar-refractivity contribution in [3.8, 4) is 12.3 Å². The second-order valence-corrected chi connectivity index (χ2v) is 5.75. The van der Waals surface area contributed by atoms with E-state index < -0.39 is 0 Å². The van der Waals surface area contributed by atoms with Gasteiger partial charge in [-0.15, -0.1) is 6.42 Å². The van der Waals surface area contributed by atoms with Gasteiger partial charge in [-0.2, -0.15) is 9.61 Å². The van der Waals surface area contributed by atoms with Crippen LogP contribution in [0.1, 0.15) is 23.2 Å². The zero-order valence-corrected chi connectivity index (χ0v) is 12.9. The zero-order chi connectivity index (χ0) is 15.5. The molecule has 0 amide bonds. The number of fused-ring (bicyclic) bond motifs is 1. The second kappa shape index (κ2) is 6.00. The summed E-state index contributed by atoms with van der Waals surface area (Å²) in [6.45, 7) is 2.46. The number of hydrogen-bond donors (Lipinski definition) is 1. The van der Waals surface area contributed by atoms with Crippen LogP contribution in [0.4, 0.5) is 5.69 Å². The second-order valence-electron chi connectivity index (χ2n) is 4.71. The molecular formula is C16H14N4OS. The highest BCUT2D eigenvalue weighted by molar-refractivity contribution is 7.16. The summed E-state index contributed by atoms with van der Waals surface area (Å²) in [5.41, 5.74) is 2.23. The van der Waals surface area contributed by atoms with Crippen LogP contribution in [0.15, 0.2) is 35.1 Å². The largest absolute Gasteiger partial charge is 0.379 e. The highest BCUT2D eigenvalue weighted by atomic mass is 32.1. The van der Waals surface area contributed by atoms with Crippen LogP contribution in [0.2, 0.25) is 0 Å². The van der Waals surface area contributed by atoms with Crippen LogP contribution < -0.4 is 10.9 Å². The lowest BCUT2D eigenvalue weighted by Crippen LogP contribution is -2.16. The maximum Gasteiger partial charge on any atom is 0.275 e. The minimum absolute atomic E-state index is 0.157. The number of rotatable bonds is 4. The van der Waals surface area contributed by atoms with Crippen LogP contribution in [0.3, 0.4) is 0 Å². The molecule has 0 radical (unpaired) electrons. The normalized spacial score (nSPS) is 10.5. The van der Waals surface area contributed by atoms with E-state index in [1.807, 2.05) is 31.2 Å². The molecule has 0 spiro atoms.